The van der Waals surface area contributed by atoms with Crippen molar-refractivity contribution < 1.29 is 4.52 Å². The molecular formula is C9H4N3O. The summed E-state index contributed by atoms with van der Waals surface area (Å²) in [6.07, 6.45) is 2.33. The number of benzene rings is 1. The first-order valence-corrected chi connectivity index (χ1v) is 3.60. The highest BCUT2D eigenvalue weighted by Gasteiger charge is 2.02. The Morgan fingerprint density at radius 2 is 2.08 bits per heavy atom. The molecule has 0 saturated carbocycles. The van der Waals surface area contributed by atoms with E-state index in [-0.39, 0.29) is 0 Å². The fraction of sp³-hybridized carbons (Fsp3) is 0. The molecule has 0 saturated heterocycles. The van der Waals surface area contributed by atoms with Gasteiger partial charge in [-0.2, -0.15) is 10.2 Å². The van der Waals surface area contributed by atoms with E-state index in [4.69, 9.17) is 9.78 Å². The second-order valence-electron chi connectivity index (χ2n) is 2.39. The minimum atomic E-state index is 0.407. The first-order chi connectivity index (χ1) is 6.40. The minimum Gasteiger partial charge on any atom is -0.333 e. The van der Waals surface area contributed by atoms with Crippen molar-refractivity contribution in [3.05, 3.63) is 36.2 Å². The largest absolute Gasteiger partial charge is 0.333 e. The van der Waals surface area contributed by atoms with E-state index in [1.54, 1.807) is 24.3 Å². The zero-order chi connectivity index (χ0) is 9.10. The van der Waals surface area contributed by atoms with Crippen molar-refractivity contribution in [2.45, 2.75) is 0 Å². The predicted octanol–water partition coefficient (Wildman–Crippen LogP) is 1.41. The van der Waals surface area contributed by atoms with Crippen LogP contribution >= 0.6 is 0 Å². The first kappa shape index (κ1) is 7.50. The van der Waals surface area contributed by atoms with Crippen LogP contribution in [0.2, 0.25) is 0 Å². The molecule has 0 atom stereocenters. The molecule has 0 N–H and O–H groups in total. The maximum atomic E-state index is 8.55. The van der Waals surface area contributed by atoms with Crippen LogP contribution in [-0.4, -0.2) is 10.1 Å². The van der Waals surface area contributed by atoms with E-state index in [9.17, 15) is 0 Å². The van der Waals surface area contributed by atoms with Gasteiger partial charge in [0.1, 0.15) is 0 Å². The van der Waals surface area contributed by atoms with Crippen LogP contribution in [0.5, 0.6) is 0 Å². The maximum Gasteiger partial charge on any atom is 0.258 e. The smallest absolute Gasteiger partial charge is 0.258 e. The summed E-state index contributed by atoms with van der Waals surface area (Å²) in [6.45, 7) is 0. The third-order valence-corrected chi connectivity index (χ3v) is 1.59. The van der Waals surface area contributed by atoms with E-state index < -0.39 is 0 Å². The zero-order valence-electron chi connectivity index (χ0n) is 6.56. The summed E-state index contributed by atoms with van der Waals surface area (Å²) in [5.41, 5.74) is 1.39. The van der Waals surface area contributed by atoms with E-state index >= 15 is 0 Å². The average molecular weight is 170 g/mol. The summed E-state index contributed by atoms with van der Waals surface area (Å²) < 4.78 is 4.79. The van der Waals surface area contributed by atoms with Gasteiger partial charge in [-0.1, -0.05) is 5.16 Å². The SMILES string of the molecule is N#Cc1ccc(-c2n[c]no2)cc1. The zero-order valence-corrected chi connectivity index (χ0v) is 6.56. The molecule has 1 radical (unpaired) electrons. The van der Waals surface area contributed by atoms with E-state index in [1.807, 2.05) is 6.07 Å². The quantitative estimate of drug-likeness (QED) is 0.649. The second-order valence-corrected chi connectivity index (χ2v) is 2.39. The maximum absolute atomic E-state index is 8.55. The van der Waals surface area contributed by atoms with Crippen LogP contribution in [-0.2, 0) is 0 Å². The fourth-order valence-electron chi connectivity index (χ4n) is 0.954. The van der Waals surface area contributed by atoms with Gasteiger partial charge in [0.15, 0.2) is 0 Å². The number of hydrogen-bond donors (Lipinski definition) is 0. The summed E-state index contributed by atoms with van der Waals surface area (Å²) >= 11 is 0. The van der Waals surface area contributed by atoms with Crippen LogP contribution in [0, 0.1) is 17.7 Å². The molecule has 0 bridgehead atoms. The Labute approximate surface area is 74.4 Å². The second kappa shape index (κ2) is 3.07. The van der Waals surface area contributed by atoms with Gasteiger partial charge in [0.2, 0.25) is 6.33 Å². The predicted molar refractivity (Wildman–Crippen MR) is 43.3 cm³/mol. The van der Waals surface area contributed by atoms with E-state index in [0.29, 0.717) is 11.5 Å². The van der Waals surface area contributed by atoms with E-state index in [0.717, 1.165) is 5.56 Å². The van der Waals surface area contributed by atoms with E-state index in [2.05, 4.69) is 16.5 Å². The van der Waals surface area contributed by atoms with Crippen LogP contribution < -0.4 is 0 Å². The summed E-state index contributed by atoms with van der Waals surface area (Å²) in [6, 6.07) is 8.91. The van der Waals surface area contributed by atoms with Crippen LogP contribution in [0.4, 0.5) is 0 Å². The monoisotopic (exact) mass is 170 g/mol. The molecule has 2 rings (SSSR count). The lowest BCUT2D eigenvalue weighted by Gasteiger charge is -1.92. The van der Waals surface area contributed by atoms with Crippen molar-refractivity contribution in [2.75, 3.05) is 0 Å². The molecule has 1 aromatic heterocycles. The fourth-order valence-corrected chi connectivity index (χ4v) is 0.954. The molecule has 61 valence electrons. The van der Waals surface area contributed by atoms with Gasteiger partial charge in [0, 0.05) is 5.56 Å². The van der Waals surface area contributed by atoms with Crippen molar-refractivity contribution in [1.82, 2.24) is 10.1 Å². The molecule has 0 aliphatic rings. The molecule has 0 fully saturated rings. The Balaban J connectivity index is 2.40. The van der Waals surface area contributed by atoms with Crippen LogP contribution in [0.3, 0.4) is 0 Å². The van der Waals surface area contributed by atoms with Gasteiger partial charge in [0.05, 0.1) is 11.6 Å². The molecule has 1 heterocycles. The average Bonchev–Trinajstić information content (AvgIpc) is 2.71. The third kappa shape index (κ3) is 1.40. The van der Waals surface area contributed by atoms with Crippen molar-refractivity contribution >= 4 is 0 Å². The lowest BCUT2D eigenvalue weighted by molar-refractivity contribution is 0.429. The molecule has 1 aromatic carbocycles. The third-order valence-electron chi connectivity index (χ3n) is 1.59. The Bertz CT molecular complexity index is 425. The highest BCUT2D eigenvalue weighted by molar-refractivity contribution is 5.53. The molecule has 0 aliphatic carbocycles. The minimum absolute atomic E-state index is 0.407. The van der Waals surface area contributed by atoms with Crippen LogP contribution in [0.25, 0.3) is 11.5 Å². The molecule has 0 amide bonds. The Morgan fingerprint density at radius 1 is 1.31 bits per heavy atom. The summed E-state index contributed by atoms with van der Waals surface area (Å²) in [7, 11) is 0. The summed E-state index contributed by atoms with van der Waals surface area (Å²) in [5, 5.41) is 11.9. The van der Waals surface area contributed by atoms with Crippen molar-refractivity contribution in [2.24, 2.45) is 0 Å². The Hall–Kier alpha value is -2.15. The molecule has 0 aliphatic heterocycles. The highest BCUT2D eigenvalue weighted by atomic mass is 16.5. The molecule has 0 unspecified atom stereocenters. The molecule has 0 spiro atoms. The van der Waals surface area contributed by atoms with Crippen molar-refractivity contribution in [3.63, 3.8) is 0 Å². The van der Waals surface area contributed by atoms with Gasteiger partial charge >= 0.3 is 0 Å². The summed E-state index contributed by atoms with van der Waals surface area (Å²) in [5.74, 6) is 0.407. The Kier molecular flexibility index (Phi) is 1.77. The van der Waals surface area contributed by atoms with Gasteiger partial charge in [-0.25, -0.2) is 0 Å². The van der Waals surface area contributed by atoms with Gasteiger partial charge in [-0.15, -0.1) is 0 Å². The molecule has 4 nitrogen and oxygen atoms in total. The Morgan fingerprint density at radius 3 is 2.62 bits per heavy atom. The topological polar surface area (TPSA) is 62.7 Å². The number of nitriles is 1. The molecule has 4 heteroatoms. The van der Waals surface area contributed by atoms with Gasteiger partial charge in [0.25, 0.3) is 5.89 Å². The summed E-state index contributed by atoms with van der Waals surface area (Å²) in [4.78, 5) is 3.76. The first-order valence-electron chi connectivity index (χ1n) is 3.60. The lowest BCUT2D eigenvalue weighted by atomic mass is 10.1. The van der Waals surface area contributed by atoms with Gasteiger partial charge in [-0.3, -0.25) is 0 Å². The number of nitrogens with zero attached hydrogens (tertiary/aromatic N) is 3. The van der Waals surface area contributed by atoms with Crippen molar-refractivity contribution in [1.29, 1.82) is 5.26 Å². The highest BCUT2D eigenvalue weighted by Crippen LogP contribution is 2.15. The molecular weight excluding hydrogens is 166 g/mol. The molecule has 2 aromatic rings. The van der Waals surface area contributed by atoms with Crippen LogP contribution in [0.15, 0.2) is 28.8 Å². The van der Waals surface area contributed by atoms with Crippen molar-refractivity contribution in [3.8, 4) is 17.5 Å². The number of hydrogen-bond acceptors (Lipinski definition) is 4. The molecule has 13 heavy (non-hydrogen) atoms. The number of rotatable bonds is 1. The van der Waals surface area contributed by atoms with E-state index in [1.165, 1.54) is 0 Å². The van der Waals surface area contributed by atoms with Crippen LogP contribution in [0.1, 0.15) is 5.56 Å². The normalized spacial score (nSPS) is 9.46. The standard InChI is InChI=1S/C9H4N3O/c10-5-7-1-3-8(4-2-7)9-11-6-12-13-9/h1-4H. The lowest BCUT2D eigenvalue weighted by Crippen LogP contribution is -1.77. The number of aromatic nitrogens is 2. The van der Waals surface area contributed by atoms with Gasteiger partial charge in [-0.05, 0) is 24.3 Å². The van der Waals surface area contributed by atoms with Gasteiger partial charge < -0.3 is 4.52 Å².